The first-order valence-corrected chi connectivity index (χ1v) is 9.46. The average molecular weight is 362 g/mol. The first-order chi connectivity index (χ1) is 12.7. The summed E-state index contributed by atoms with van der Waals surface area (Å²) in [5.41, 5.74) is 0.418. The van der Waals surface area contributed by atoms with Crippen LogP contribution in [0.2, 0.25) is 0 Å². The van der Waals surface area contributed by atoms with Gasteiger partial charge in [-0.1, -0.05) is 18.6 Å². The first-order valence-electron chi connectivity index (χ1n) is 9.46. The zero-order valence-corrected chi connectivity index (χ0v) is 15.2. The molecular formula is C19H26N2O5. The predicted molar refractivity (Wildman–Crippen MR) is 95.3 cm³/mol. The molecular weight excluding hydrogens is 336 g/mol. The summed E-state index contributed by atoms with van der Waals surface area (Å²) < 4.78 is 17.8. The number of nitro groups is 1. The number of hydrogen-bond donors (Lipinski definition) is 0. The van der Waals surface area contributed by atoms with Gasteiger partial charge in [-0.25, -0.2) is 0 Å². The molecule has 0 bridgehead atoms. The Kier molecular flexibility index (Phi) is 4.75. The van der Waals surface area contributed by atoms with Gasteiger partial charge in [-0.3, -0.25) is 15.0 Å². The minimum atomic E-state index is -0.496. The minimum absolute atomic E-state index is 0.0692. The maximum atomic E-state index is 11.5. The second-order valence-corrected chi connectivity index (χ2v) is 7.40. The number of rotatable bonds is 4. The summed E-state index contributed by atoms with van der Waals surface area (Å²) in [7, 11) is 1.62. The molecule has 142 valence electrons. The van der Waals surface area contributed by atoms with Gasteiger partial charge in [0.25, 0.3) is 0 Å². The Bertz CT molecular complexity index is 676. The van der Waals surface area contributed by atoms with E-state index in [1.807, 2.05) is 18.2 Å². The van der Waals surface area contributed by atoms with Gasteiger partial charge in [-0.05, 0) is 18.9 Å². The van der Waals surface area contributed by atoms with E-state index in [1.54, 1.807) is 7.11 Å². The molecule has 4 rings (SSSR count). The molecule has 0 spiro atoms. The molecule has 0 N–H and O–H groups in total. The lowest BCUT2D eigenvalue weighted by molar-refractivity contribution is -0.487. The van der Waals surface area contributed by atoms with Crippen LogP contribution in [0.25, 0.3) is 0 Å². The highest BCUT2D eigenvalue weighted by molar-refractivity contribution is 5.51. The van der Waals surface area contributed by atoms with E-state index < -0.39 is 5.72 Å². The zero-order chi connectivity index (χ0) is 18.1. The monoisotopic (exact) mass is 362 g/mol. The molecule has 2 heterocycles. The van der Waals surface area contributed by atoms with Crippen molar-refractivity contribution < 1.29 is 19.1 Å². The summed E-state index contributed by atoms with van der Waals surface area (Å²) >= 11 is 0. The highest BCUT2D eigenvalue weighted by Crippen LogP contribution is 2.55. The maximum Gasteiger partial charge on any atom is 0.211 e. The molecule has 1 aliphatic carbocycles. The van der Waals surface area contributed by atoms with Crippen LogP contribution in [0.4, 0.5) is 0 Å². The van der Waals surface area contributed by atoms with E-state index in [4.69, 9.17) is 14.2 Å². The van der Waals surface area contributed by atoms with Gasteiger partial charge in [-0.15, -0.1) is 0 Å². The molecule has 1 saturated carbocycles. The Hall–Kier alpha value is -1.86. The Morgan fingerprint density at radius 1 is 1.35 bits per heavy atom. The fourth-order valence-electron chi connectivity index (χ4n) is 5.07. The van der Waals surface area contributed by atoms with E-state index in [2.05, 4.69) is 4.90 Å². The molecule has 1 saturated heterocycles. The molecule has 2 aliphatic heterocycles. The van der Waals surface area contributed by atoms with Crippen LogP contribution in [0.15, 0.2) is 18.2 Å². The summed E-state index contributed by atoms with van der Waals surface area (Å²) in [6.07, 6.45) is 4.01. The molecule has 1 aromatic rings. The molecule has 0 unspecified atom stereocenters. The number of nitrogens with zero attached hydrogens (tertiary/aromatic N) is 2. The molecule has 2 fully saturated rings. The van der Waals surface area contributed by atoms with E-state index in [-0.39, 0.29) is 23.3 Å². The average Bonchev–Trinajstić information content (AvgIpc) is 2.67. The van der Waals surface area contributed by atoms with Crippen LogP contribution >= 0.6 is 0 Å². The molecule has 26 heavy (non-hydrogen) atoms. The molecule has 0 radical (unpaired) electrons. The Morgan fingerprint density at radius 3 is 2.88 bits per heavy atom. The number of hydrogen-bond acceptors (Lipinski definition) is 6. The van der Waals surface area contributed by atoms with Crippen molar-refractivity contribution in [2.45, 2.75) is 37.3 Å². The third-order valence-corrected chi connectivity index (χ3v) is 6.16. The predicted octanol–water partition coefficient (Wildman–Crippen LogP) is 2.67. The number of ether oxygens (including phenoxy) is 3. The molecule has 7 heteroatoms. The van der Waals surface area contributed by atoms with Crippen LogP contribution in [0, 0.1) is 16.0 Å². The lowest BCUT2D eigenvalue weighted by Gasteiger charge is -2.56. The summed E-state index contributed by atoms with van der Waals surface area (Å²) in [6.45, 7) is 2.88. The summed E-state index contributed by atoms with van der Waals surface area (Å²) in [6, 6.07) is 5.74. The molecule has 0 aromatic heterocycles. The van der Waals surface area contributed by atoms with E-state index in [0.29, 0.717) is 24.7 Å². The Balaban J connectivity index is 1.83. The van der Waals surface area contributed by atoms with Gasteiger partial charge in [0, 0.05) is 35.9 Å². The summed E-state index contributed by atoms with van der Waals surface area (Å²) in [5, 5.41) is 11.5. The third kappa shape index (κ3) is 2.83. The highest BCUT2D eigenvalue weighted by Gasteiger charge is 2.56. The van der Waals surface area contributed by atoms with Crippen molar-refractivity contribution in [1.82, 2.24) is 4.90 Å². The van der Waals surface area contributed by atoms with Crippen molar-refractivity contribution >= 4 is 0 Å². The van der Waals surface area contributed by atoms with Gasteiger partial charge in [0.2, 0.25) is 6.54 Å². The van der Waals surface area contributed by atoms with E-state index in [0.717, 1.165) is 44.3 Å². The number of methoxy groups -OCH3 is 1. The molecule has 3 atom stereocenters. The lowest BCUT2D eigenvalue weighted by Crippen LogP contribution is -2.65. The maximum absolute atomic E-state index is 11.5. The smallest absolute Gasteiger partial charge is 0.211 e. The molecule has 3 aliphatic rings. The Labute approximate surface area is 153 Å². The lowest BCUT2D eigenvalue weighted by atomic mass is 9.68. The molecule has 7 nitrogen and oxygen atoms in total. The van der Waals surface area contributed by atoms with Gasteiger partial charge >= 0.3 is 0 Å². The van der Waals surface area contributed by atoms with Crippen LogP contribution in [0.5, 0.6) is 11.5 Å². The minimum Gasteiger partial charge on any atom is -0.493 e. The van der Waals surface area contributed by atoms with E-state index in [1.165, 1.54) is 0 Å². The van der Waals surface area contributed by atoms with E-state index >= 15 is 0 Å². The van der Waals surface area contributed by atoms with Crippen LogP contribution < -0.4 is 9.47 Å². The van der Waals surface area contributed by atoms with Crippen LogP contribution in [-0.4, -0.2) is 55.5 Å². The normalized spacial score (nSPS) is 31.4. The van der Waals surface area contributed by atoms with Crippen molar-refractivity contribution in [1.29, 1.82) is 0 Å². The molecule has 0 amide bonds. The van der Waals surface area contributed by atoms with Gasteiger partial charge in [0.15, 0.2) is 17.2 Å². The summed E-state index contributed by atoms with van der Waals surface area (Å²) in [4.78, 5) is 13.7. The first kappa shape index (κ1) is 17.5. The second kappa shape index (κ2) is 7.04. The highest BCUT2D eigenvalue weighted by atomic mass is 16.6. The number of para-hydroxylation sites is 1. The SMILES string of the molecule is COc1cccc2c1O[C@]1(N3CCOCC3)CCCC[C@H]1[C@H]2C[N+](=O)[O-]. The van der Waals surface area contributed by atoms with Gasteiger partial charge in [0.1, 0.15) is 0 Å². The van der Waals surface area contributed by atoms with Gasteiger partial charge in [0.05, 0.1) is 26.2 Å². The van der Waals surface area contributed by atoms with Gasteiger partial charge < -0.3 is 14.2 Å². The van der Waals surface area contributed by atoms with Crippen LogP contribution in [0.3, 0.4) is 0 Å². The zero-order valence-electron chi connectivity index (χ0n) is 15.2. The van der Waals surface area contributed by atoms with E-state index in [9.17, 15) is 10.1 Å². The second-order valence-electron chi connectivity index (χ2n) is 7.40. The van der Waals surface area contributed by atoms with Crippen LogP contribution in [-0.2, 0) is 4.74 Å². The molecule has 1 aromatic carbocycles. The fraction of sp³-hybridized carbons (Fsp3) is 0.684. The fourth-order valence-corrected chi connectivity index (χ4v) is 5.07. The van der Waals surface area contributed by atoms with Crippen molar-refractivity contribution in [2.75, 3.05) is 40.0 Å². The largest absolute Gasteiger partial charge is 0.493 e. The topological polar surface area (TPSA) is 74.1 Å². The third-order valence-electron chi connectivity index (χ3n) is 6.16. The Morgan fingerprint density at radius 2 is 2.15 bits per heavy atom. The number of benzene rings is 1. The number of morpholine rings is 1. The summed E-state index contributed by atoms with van der Waals surface area (Å²) in [5.74, 6) is 1.30. The van der Waals surface area contributed by atoms with Crippen molar-refractivity contribution in [2.24, 2.45) is 5.92 Å². The van der Waals surface area contributed by atoms with Gasteiger partial charge in [-0.2, -0.15) is 0 Å². The van der Waals surface area contributed by atoms with Crippen molar-refractivity contribution in [3.8, 4) is 11.5 Å². The standard InChI is InChI=1S/C19H26N2O5/c1-24-17-7-4-5-14-15(13-21(22)23)16-6-2-3-8-19(16,26-18(14)17)20-9-11-25-12-10-20/h4-5,7,15-16H,2-3,6,8-13H2,1H3/t15-,16-,19+/m0/s1. The quantitative estimate of drug-likeness (QED) is 0.606. The van der Waals surface area contributed by atoms with Crippen LogP contribution in [0.1, 0.15) is 37.2 Å². The number of fused-ring (bicyclic) bond motifs is 2. The van der Waals surface area contributed by atoms with Crippen molar-refractivity contribution in [3.63, 3.8) is 0 Å². The van der Waals surface area contributed by atoms with Crippen molar-refractivity contribution in [3.05, 3.63) is 33.9 Å².